The van der Waals surface area contributed by atoms with Crippen LogP contribution < -0.4 is 59.1 Å². The molecule has 0 spiro atoms. The molecule has 50 valence electrons. The summed E-state index contributed by atoms with van der Waals surface area (Å²) >= 11 is 9.22. The smallest absolute Gasteiger partial charge is 1.00 e. The van der Waals surface area contributed by atoms with Gasteiger partial charge in [0, 0.05) is 0 Å². The van der Waals surface area contributed by atoms with Gasteiger partial charge in [-0.3, -0.25) is 4.79 Å². The standard InChI is InChI=1S/C3H4O2S3.2Na.2H/c4-2(5)1-8-3(6)7;;;;/h1H2,(H,4,5)(H,6,7);;;;/q;2*+1;2*-1. The molecule has 0 saturated carbocycles. The van der Waals surface area contributed by atoms with Crippen molar-refractivity contribution in [3.63, 3.8) is 0 Å². The van der Waals surface area contributed by atoms with Crippen LogP contribution in [-0.2, 0) is 4.79 Å². The molecule has 10 heavy (non-hydrogen) atoms. The van der Waals surface area contributed by atoms with Crippen molar-refractivity contribution in [2.45, 2.75) is 0 Å². The molecule has 0 rings (SSSR count). The van der Waals surface area contributed by atoms with Gasteiger partial charge in [-0.15, -0.1) is 12.6 Å². The van der Waals surface area contributed by atoms with Gasteiger partial charge in [-0.05, 0) is 0 Å². The second-order valence-electron chi connectivity index (χ2n) is 0.948. The number of thiol groups is 1. The minimum absolute atomic E-state index is 0. The molecule has 0 heterocycles. The van der Waals surface area contributed by atoms with Crippen LogP contribution in [0.4, 0.5) is 0 Å². The van der Waals surface area contributed by atoms with Gasteiger partial charge in [-0.25, -0.2) is 0 Å². The number of rotatable bonds is 2. The summed E-state index contributed by atoms with van der Waals surface area (Å²) in [5.74, 6) is -0.867. The fourth-order valence-electron chi connectivity index (χ4n) is 0.123. The molecule has 0 aliphatic rings. The summed E-state index contributed by atoms with van der Waals surface area (Å²) in [7, 11) is 0. The van der Waals surface area contributed by atoms with Crippen LogP contribution in [0.25, 0.3) is 0 Å². The van der Waals surface area contributed by atoms with Gasteiger partial charge in [0.25, 0.3) is 0 Å². The number of aliphatic carboxylic acids is 1. The van der Waals surface area contributed by atoms with E-state index in [-0.39, 0.29) is 67.7 Å². The summed E-state index contributed by atoms with van der Waals surface area (Å²) in [6.45, 7) is 0. The maximum atomic E-state index is 9.79. The number of thioether (sulfide) groups is 1. The number of carboxylic acid groups (broad SMARTS) is 1. The van der Waals surface area contributed by atoms with Crippen molar-refractivity contribution in [3.05, 3.63) is 0 Å². The fraction of sp³-hybridized carbons (Fsp3) is 0.333. The third-order valence-corrected chi connectivity index (χ3v) is 1.70. The summed E-state index contributed by atoms with van der Waals surface area (Å²) < 4.78 is 0.368. The average Bonchev–Trinajstić information content (AvgIpc) is 1.61. The predicted octanol–water partition coefficient (Wildman–Crippen LogP) is -4.75. The van der Waals surface area contributed by atoms with E-state index >= 15 is 0 Å². The third kappa shape index (κ3) is 16.7. The Bertz CT molecular complexity index is 112. The van der Waals surface area contributed by atoms with Gasteiger partial charge in [0.1, 0.15) is 3.53 Å². The first-order valence-corrected chi connectivity index (χ1v) is 3.54. The Kier molecular flexibility index (Phi) is 20.4. The molecule has 0 radical (unpaired) electrons. The topological polar surface area (TPSA) is 37.3 Å². The average molecular weight is 216 g/mol. The second-order valence-corrected chi connectivity index (χ2v) is 3.65. The molecule has 0 aromatic heterocycles. The molecule has 0 bridgehead atoms. The number of hydrogen-bond acceptors (Lipinski definition) is 3. The van der Waals surface area contributed by atoms with Crippen LogP contribution in [0.15, 0.2) is 0 Å². The van der Waals surface area contributed by atoms with Gasteiger partial charge < -0.3 is 7.96 Å². The summed E-state index contributed by atoms with van der Waals surface area (Å²) in [4.78, 5) is 9.79. The van der Waals surface area contributed by atoms with E-state index in [4.69, 9.17) is 5.11 Å². The summed E-state index contributed by atoms with van der Waals surface area (Å²) in [5, 5.41) is 8.05. The Hall–Kier alpha value is 2.26. The third-order valence-electron chi connectivity index (χ3n) is 0.319. The zero-order valence-corrected chi connectivity index (χ0v) is 12.4. The normalized spacial score (nSPS) is 6.90. The minimum Gasteiger partial charge on any atom is -1.00 e. The van der Waals surface area contributed by atoms with Crippen molar-refractivity contribution in [2.75, 3.05) is 5.75 Å². The summed E-state index contributed by atoms with van der Waals surface area (Å²) in [5.41, 5.74) is 0. The quantitative estimate of drug-likeness (QED) is 0.276. The molecular formula is C3H6Na2O2S3. The van der Waals surface area contributed by atoms with Crippen molar-refractivity contribution in [2.24, 2.45) is 0 Å². The first kappa shape index (κ1) is 18.1. The summed E-state index contributed by atoms with van der Waals surface area (Å²) in [6, 6.07) is 0. The second kappa shape index (κ2) is 11.3. The van der Waals surface area contributed by atoms with E-state index in [1.807, 2.05) is 0 Å². The van der Waals surface area contributed by atoms with Gasteiger partial charge in [-0.1, -0.05) is 24.0 Å². The van der Waals surface area contributed by atoms with Crippen LogP contribution in [0, 0.1) is 0 Å². The van der Waals surface area contributed by atoms with E-state index in [1.54, 1.807) is 0 Å². The molecule has 0 aliphatic carbocycles. The van der Waals surface area contributed by atoms with E-state index in [1.165, 1.54) is 0 Å². The van der Waals surface area contributed by atoms with Crippen LogP contribution in [0.3, 0.4) is 0 Å². The molecule has 0 fully saturated rings. The molecule has 0 aromatic rings. The Morgan fingerprint density at radius 3 is 2.20 bits per heavy atom. The maximum absolute atomic E-state index is 9.79. The van der Waals surface area contributed by atoms with Crippen LogP contribution in [0.1, 0.15) is 2.85 Å². The molecule has 0 aliphatic heterocycles. The zero-order chi connectivity index (χ0) is 6.57. The monoisotopic (exact) mass is 216 g/mol. The fourth-order valence-corrected chi connectivity index (χ4v) is 0.741. The maximum Gasteiger partial charge on any atom is 1.00 e. The van der Waals surface area contributed by atoms with Crippen LogP contribution >= 0.6 is 36.6 Å². The van der Waals surface area contributed by atoms with Crippen molar-refractivity contribution in [3.8, 4) is 0 Å². The molecule has 0 aromatic carbocycles. The Morgan fingerprint density at radius 1 is 1.70 bits per heavy atom. The van der Waals surface area contributed by atoms with Gasteiger partial charge >= 0.3 is 65.1 Å². The molecule has 0 amide bonds. The first-order chi connectivity index (χ1) is 3.63. The summed E-state index contributed by atoms with van der Waals surface area (Å²) in [6.07, 6.45) is 0. The van der Waals surface area contributed by atoms with Gasteiger partial charge in [0.15, 0.2) is 0 Å². The Balaban J connectivity index is -0.0000000408. The zero-order valence-electron chi connectivity index (χ0n) is 7.83. The van der Waals surface area contributed by atoms with Crippen LogP contribution in [-0.4, -0.2) is 20.4 Å². The van der Waals surface area contributed by atoms with Crippen molar-refractivity contribution in [1.29, 1.82) is 0 Å². The molecule has 0 unspecified atom stereocenters. The van der Waals surface area contributed by atoms with E-state index in [0.717, 1.165) is 11.8 Å². The van der Waals surface area contributed by atoms with Crippen LogP contribution in [0.2, 0.25) is 0 Å². The van der Waals surface area contributed by atoms with Gasteiger partial charge in [-0.2, -0.15) is 0 Å². The number of hydrogen-bond donors (Lipinski definition) is 2. The number of thiocarbonyl (C=S) groups is 1. The van der Waals surface area contributed by atoms with Crippen molar-refractivity contribution < 1.29 is 71.9 Å². The molecule has 0 atom stereocenters. The van der Waals surface area contributed by atoms with E-state index in [9.17, 15) is 4.79 Å². The van der Waals surface area contributed by atoms with E-state index in [2.05, 4.69) is 24.8 Å². The van der Waals surface area contributed by atoms with Crippen LogP contribution in [0.5, 0.6) is 0 Å². The van der Waals surface area contributed by atoms with Gasteiger partial charge in [0.05, 0.1) is 5.75 Å². The van der Waals surface area contributed by atoms with E-state index < -0.39 is 5.97 Å². The Morgan fingerprint density at radius 2 is 2.10 bits per heavy atom. The molecule has 2 nitrogen and oxygen atoms in total. The Labute approximate surface area is 122 Å². The van der Waals surface area contributed by atoms with E-state index in [0.29, 0.717) is 3.53 Å². The largest absolute Gasteiger partial charge is 1.00 e. The number of carboxylic acids is 1. The molecular weight excluding hydrogens is 210 g/mol. The minimum atomic E-state index is -0.869. The SMILES string of the molecule is O=C(O)CSC(=S)S.[H-].[H-].[Na+].[Na+]. The molecule has 7 heteroatoms. The van der Waals surface area contributed by atoms with Crippen molar-refractivity contribution in [1.82, 2.24) is 0 Å². The molecule has 0 saturated heterocycles. The first-order valence-electron chi connectivity index (χ1n) is 1.70. The number of carbonyl (C=O) groups is 1. The van der Waals surface area contributed by atoms with Crippen molar-refractivity contribution >= 4 is 46.1 Å². The van der Waals surface area contributed by atoms with Gasteiger partial charge in [0.2, 0.25) is 0 Å². The molecule has 1 N–H and O–H groups in total. The predicted molar refractivity (Wildman–Crippen MR) is 43.9 cm³/mol.